The van der Waals surface area contributed by atoms with Gasteiger partial charge in [0.25, 0.3) is 0 Å². The molecule has 0 bridgehead atoms. The molecule has 0 heterocycles. The van der Waals surface area contributed by atoms with Crippen LogP contribution in [0.2, 0.25) is 0 Å². The van der Waals surface area contributed by atoms with Crippen LogP contribution in [-0.2, 0) is 0 Å². The molecule has 2 atom stereocenters. The Morgan fingerprint density at radius 1 is 1.20 bits per heavy atom. The first-order chi connectivity index (χ1) is 9.23. The van der Waals surface area contributed by atoms with Crippen LogP contribution in [0, 0.1) is 11.3 Å². The third kappa shape index (κ3) is 4.10. The second kappa shape index (κ2) is 5.84. The summed E-state index contributed by atoms with van der Waals surface area (Å²) in [6.07, 6.45) is 1.09. The van der Waals surface area contributed by atoms with Crippen LogP contribution in [0.25, 0.3) is 0 Å². The van der Waals surface area contributed by atoms with E-state index in [0.29, 0.717) is 18.5 Å². The molecule has 2 aliphatic carbocycles. The molecule has 0 radical (unpaired) electrons. The lowest BCUT2D eigenvalue weighted by Crippen LogP contribution is -2.52. The summed E-state index contributed by atoms with van der Waals surface area (Å²) in [4.78, 5) is 1.68. The van der Waals surface area contributed by atoms with Gasteiger partial charge in [0.05, 0.1) is 6.54 Å². The Bertz CT molecular complexity index is 324. The molecule has 1 N–H and O–H groups in total. The van der Waals surface area contributed by atoms with E-state index in [2.05, 4.69) is 19.2 Å². The van der Waals surface area contributed by atoms with Gasteiger partial charge < -0.3 is 5.32 Å². The summed E-state index contributed by atoms with van der Waals surface area (Å²) in [7, 11) is 1.94. The molecule has 20 heavy (non-hydrogen) atoms. The summed E-state index contributed by atoms with van der Waals surface area (Å²) in [6, 6.07) is 0.477. The summed E-state index contributed by atoms with van der Waals surface area (Å²) < 4.78 is 38.2. The molecule has 0 aromatic carbocycles. The summed E-state index contributed by atoms with van der Waals surface area (Å²) in [5, 5.41) is 3.36. The van der Waals surface area contributed by atoms with E-state index in [0.717, 1.165) is 32.1 Å². The van der Waals surface area contributed by atoms with Gasteiger partial charge in [-0.1, -0.05) is 20.3 Å². The fourth-order valence-corrected chi connectivity index (χ4v) is 3.92. The average molecular weight is 292 g/mol. The first-order valence-electron chi connectivity index (χ1n) is 7.71. The number of nitrogens with one attached hydrogen (secondary N) is 1. The zero-order valence-electron chi connectivity index (χ0n) is 12.8. The molecule has 2 saturated carbocycles. The van der Waals surface area contributed by atoms with Crippen LogP contribution < -0.4 is 5.32 Å². The highest BCUT2D eigenvalue weighted by Gasteiger charge is 2.43. The number of hydrogen-bond acceptors (Lipinski definition) is 2. The van der Waals surface area contributed by atoms with Gasteiger partial charge in [0, 0.05) is 18.6 Å². The van der Waals surface area contributed by atoms with E-state index in [1.54, 1.807) is 4.90 Å². The van der Waals surface area contributed by atoms with Crippen molar-refractivity contribution in [2.45, 2.75) is 64.2 Å². The summed E-state index contributed by atoms with van der Waals surface area (Å²) in [5.74, 6) is 0.326. The van der Waals surface area contributed by atoms with Crippen molar-refractivity contribution in [2.75, 3.05) is 20.1 Å². The van der Waals surface area contributed by atoms with Crippen molar-refractivity contribution in [3.05, 3.63) is 0 Å². The molecule has 2 aliphatic rings. The molecule has 0 aromatic rings. The molecule has 2 rings (SSSR count). The van der Waals surface area contributed by atoms with E-state index in [4.69, 9.17) is 0 Å². The maximum atomic E-state index is 12.7. The van der Waals surface area contributed by atoms with Gasteiger partial charge in [-0.2, -0.15) is 13.2 Å². The largest absolute Gasteiger partial charge is 0.401 e. The molecule has 118 valence electrons. The summed E-state index contributed by atoms with van der Waals surface area (Å²) in [6.45, 7) is 4.29. The van der Waals surface area contributed by atoms with Crippen LogP contribution >= 0.6 is 0 Å². The fraction of sp³-hybridized carbons (Fsp3) is 1.00. The summed E-state index contributed by atoms with van der Waals surface area (Å²) in [5.41, 5.74) is 0.172. The van der Waals surface area contributed by atoms with E-state index >= 15 is 0 Å². The molecule has 0 aromatic heterocycles. The molecule has 2 nitrogen and oxygen atoms in total. The van der Waals surface area contributed by atoms with Crippen LogP contribution in [0.3, 0.4) is 0 Å². The van der Waals surface area contributed by atoms with E-state index in [-0.39, 0.29) is 11.5 Å². The maximum absolute atomic E-state index is 12.7. The van der Waals surface area contributed by atoms with Gasteiger partial charge in [-0.25, -0.2) is 0 Å². The number of rotatable bonds is 5. The van der Waals surface area contributed by atoms with Gasteiger partial charge in [-0.3, -0.25) is 4.90 Å². The number of hydrogen-bond donors (Lipinski definition) is 1. The average Bonchev–Trinajstić information content (AvgIpc) is 3.09. The highest BCUT2D eigenvalue weighted by atomic mass is 19.4. The highest BCUT2D eigenvalue weighted by molar-refractivity contribution is 4.96. The van der Waals surface area contributed by atoms with Gasteiger partial charge in [0.2, 0.25) is 0 Å². The summed E-state index contributed by atoms with van der Waals surface area (Å²) >= 11 is 0. The molecule has 0 aliphatic heterocycles. The van der Waals surface area contributed by atoms with E-state index in [9.17, 15) is 13.2 Å². The minimum Gasteiger partial charge on any atom is -0.316 e. The van der Waals surface area contributed by atoms with Gasteiger partial charge in [0.15, 0.2) is 0 Å². The fourth-order valence-electron chi connectivity index (χ4n) is 3.92. The molecule has 0 spiro atoms. The van der Waals surface area contributed by atoms with Crippen molar-refractivity contribution in [3.63, 3.8) is 0 Å². The van der Waals surface area contributed by atoms with Gasteiger partial charge in [0.1, 0.15) is 0 Å². The standard InChI is InChI=1S/C15H27F3N2/c1-14(2)8-4-5-11(13(14)19-3)9-20(12-6-7-12)10-15(16,17)18/h11-13,19H,4-10H2,1-3H3. The second-order valence-electron chi connectivity index (χ2n) is 7.18. The molecule has 0 saturated heterocycles. The Kier molecular flexibility index (Phi) is 4.69. The zero-order valence-corrected chi connectivity index (χ0v) is 12.8. The molecule has 0 amide bonds. The van der Waals surface area contributed by atoms with Gasteiger partial charge in [-0.05, 0) is 44.1 Å². The van der Waals surface area contributed by atoms with Crippen molar-refractivity contribution in [3.8, 4) is 0 Å². The molecular weight excluding hydrogens is 265 g/mol. The van der Waals surface area contributed by atoms with Crippen molar-refractivity contribution in [1.29, 1.82) is 0 Å². The smallest absolute Gasteiger partial charge is 0.316 e. The Morgan fingerprint density at radius 2 is 1.85 bits per heavy atom. The van der Waals surface area contributed by atoms with Gasteiger partial charge >= 0.3 is 6.18 Å². The Morgan fingerprint density at radius 3 is 2.35 bits per heavy atom. The lowest BCUT2D eigenvalue weighted by atomic mass is 9.68. The van der Waals surface area contributed by atoms with Crippen molar-refractivity contribution in [2.24, 2.45) is 11.3 Å². The molecule has 5 heteroatoms. The van der Waals surface area contributed by atoms with Gasteiger partial charge in [-0.15, -0.1) is 0 Å². The lowest BCUT2D eigenvalue weighted by molar-refractivity contribution is -0.149. The predicted molar refractivity (Wildman–Crippen MR) is 74.6 cm³/mol. The topological polar surface area (TPSA) is 15.3 Å². The maximum Gasteiger partial charge on any atom is 0.401 e. The van der Waals surface area contributed by atoms with E-state index in [1.165, 1.54) is 0 Å². The zero-order chi connectivity index (χ0) is 15.0. The van der Waals surface area contributed by atoms with Crippen molar-refractivity contribution in [1.82, 2.24) is 10.2 Å². The first kappa shape index (κ1) is 16.1. The SMILES string of the molecule is CNC1C(CN(CC(F)(F)F)C2CC2)CCCC1(C)C. The van der Waals surface area contributed by atoms with Crippen molar-refractivity contribution >= 4 is 0 Å². The molecular formula is C15H27F3N2. The molecule has 2 unspecified atom stereocenters. The Balaban J connectivity index is 2.01. The lowest BCUT2D eigenvalue weighted by Gasteiger charge is -2.45. The van der Waals surface area contributed by atoms with Crippen LogP contribution in [0.1, 0.15) is 46.0 Å². The van der Waals surface area contributed by atoms with E-state index in [1.807, 2.05) is 7.05 Å². The number of halogens is 3. The van der Waals surface area contributed by atoms with Crippen LogP contribution in [0.5, 0.6) is 0 Å². The quantitative estimate of drug-likeness (QED) is 0.835. The number of alkyl halides is 3. The van der Waals surface area contributed by atoms with Crippen LogP contribution in [0.4, 0.5) is 13.2 Å². The normalized spacial score (nSPS) is 30.8. The highest BCUT2D eigenvalue weighted by Crippen LogP contribution is 2.40. The first-order valence-corrected chi connectivity index (χ1v) is 7.71. The third-order valence-electron chi connectivity index (χ3n) is 4.94. The predicted octanol–water partition coefficient (Wildman–Crippen LogP) is 3.43. The Hall–Kier alpha value is -0.290. The molecule has 2 fully saturated rings. The van der Waals surface area contributed by atoms with Crippen LogP contribution in [0.15, 0.2) is 0 Å². The third-order valence-corrected chi connectivity index (χ3v) is 4.94. The second-order valence-corrected chi connectivity index (χ2v) is 7.18. The minimum atomic E-state index is -4.08. The van der Waals surface area contributed by atoms with Crippen LogP contribution in [-0.4, -0.2) is 43.3 Å². The van der Waals surface area contributed by atoms with E-state index < -0.39 is 12.7 Å². The monoisotopic (exact) mass is 292 g/mol. The van der Waals surface area contributed by atoms with Crippen molar-refractivity contribution < 1.29 is 13.2 Å². The number of nitrogens with zero attached hydrogens (tertiary/aromatic N) is 1. The minimum absolute atomic E-state index is 0.166. The Labute approximate surface area is 120 Å².